The molecule has 0 amide bonds. The van der Waals surface area contributed by atoms with E-state index in [9.17, 15) is 4.57 Å². The molecular weight excluding hydrogens is 283 g/mol. The zero-order valence-corrected chi connectivity index (χ0v) is 14.6. The van der Waals surface area contributed by atoms with Crippen LogP contribution in [0, 0.1) is 0 Å². The second kappa shape index (κ2) is 20.1. The van der Waals surface area contributed by atoms with Gasteiger partial charge in [0.2, 0.25) is 0 Å². The Morgan fingerprint density at radius 2 is 0.952 bits per heavy atom. The van der Waals surface area contributed by atoms with Gasteiger partial charge in [-0.2, -0.15) is 0 Å². The Balaban J connectivity index is 0. The molecule has 0 heterocycles. The zero-order chi connectivity index (χ0) is 14.9. The van der Waals surface area contributed by atoms with Crippen molar-refractivity contribution in [1.82, 2.24) is 0 Å². The van der Waals surface area contributed by atoms with Crippen molar-refractivity contribution in [3.8, 4) is 0 Å². The molecule has 0 atom stereocenters. The summed E-state index contributed by atoms with van der Waals surface area (Å²) in [5, 5.41) is 0. The fourth-order valence-corrected chi connectivity index (χ4v) is 2.82. The predicted octanol–water partition coefficient (Wildman–Crippen LogP) is 6.77. The largest absolute Gasteiger partial charge is 0.319 e. The maximum Gasteiger partial charge on any atom is 0.319 e. The van der Waals surface area contributed by atoms with Crippen molar-refractivity contribution in [3.05, 3.63) is 0 Å². The van der Waals surface area contributed by atoms with Crippen molar-refractivity contribution >= 4 is 8.25 Å². The van der Waals surface area contributed by atoms with Gasteiger partial charge in [-0.05, 0) is 12.8 Å². The molecule has 0 aromatic heterocycles. The summed E-state index contributed by atoms with van der Waals surface area (Å²) in [5.74, 6) is 0. The monoisotopic (exact) mass is 322 g/mol. The maximum atomic E-state index is 11.5. The Labute approximate surface area is 134 Å². The lowest BCUT2D eigenvalue weighted by molar-refractivity contribution is 0.218. The van der Waals surface area contributed by atoms with E-state index in [1.165, 1.54) is 64.2 Å². The van der Waals surface area contributed by atoms with Gasteiger partial charge >= 0.3 is 8.25 Å². The van der Waals surface area contributed by atoms with E-state index < -0.39 is 8.25 Å². The van der Waals surface area contributed by atoms with Crippen LogP contribution < -0.4 is 0 Å². The van der Waals surface area contributed by atoms with Crippen LogP contribution in [0.15, 0.2) is 0 Å². The summed E-state index contributed by atoms with van der Waals surface area (Å²) >= 11 is 0. The third-order valence-corrected chi connectivity index (χ3v) is 4.32. The number of rotatable bonds is 16. The molecule has 0 radical (unpaired) electrons. The molecule has 0 fully saturated rings. The molecule has 4 heteroatoms. The first-order chi connectivity index (χ1) is 9.81. The highest BCUT2D eigenvalue weighted by molar-refractivity contribution is 7.33. The topological polar surface area (TPSA) is 35.5 Å². The van der Waals surface area contributed by atoms with E-state index >= 15 is 0 Å². The molecule has 0 aliphatic rings. The third kappa shape index (κ3) is 20.1. The highest BCUT2D eigenvalue weighted by Crippen LogP contribution is 2.24. The van der Waals surface area contributed by atoms with Gasteiger partial charge < -0.3 is 9.05 Å². The number of hydrogen-bond acceptors (Lipinski definition) is 3. The fraction of sp³-hybridized carbons (Fsp3) is 1.00. The summed E-state index contributed by atoms with van der Waals surface area (Å²) in [7, 11) is -2.23. The Morgan fingerprint density at radius 3 is 1.33 bits per heavy atom. The lowest BCUT2D eigenvalue weighted by Crippen LogP contribution is -1.92. The molecule has 21 heavy (non-hydrogen) atoms. The average molecular weight is 322 g/mol. The molecule has 130 valence electrons. The van der Waals surface area contributed by atoms with E-state index in [1.54, 1.807) is 0 Å². The van der Waals surface area contributed by atoms with Gasteiger partial charge in [0.1, 0.15) is 0 Å². The Bertz CT molecular complexity index is 190. The first-order valence-electron chi connectivity index (χ1n) is 8.60. The fourth-order valence-electron chi connectivity index (χ4n) is 2.12. The molecule has 0 N–H and O–H groups in total. The van der Waals surface area contributed by atoms with E-state index in [0.29, 0.717) is 13.2 Å². The van der Waals surface area contributed by atoms with Crippen molar-refractivity contribution in [2.45, 2.75) is 98.3 Å². The molecule has 0 bridgehead atoms. The van der Waals surface area contributed by atoms with Crippen LogP contribution in [-0.2, 0) is 13.6 Å². The van der Waals surface area contributed by atoms with Crippen LogP contribution in [-0.4, -0.2) is 13.2 Å². The second-order valence-corrected chi connectivity index (χ2v) is 6.56. The van der Waals surface area contributed by atoms with Crippen LogP contribution in [0.1, 0.15) is 98.3 Å². The SMILES string of the molecule is C.CCCCCCCCO[PH](=O)OCCCCCCCC. The molecule has 0 aliphatic heterocycles. The summed E-state index contributed by atoms with van der Waals surface area (Å²) < 4.78 is 21.9. The summed E-state index contributed by atoms with van der Waals surface area (Å²) in [6, 6.07) is 0. The molecule has 0 spiro atoms. The summed E-state index contributed by atoms with van der Waals surface area (Å²) in [4.78, 5) is 0. The third-order valence-electron chi connectivity index (χ3n) is 3.44. The smallest absolute Gasteiger partial charge is 0.311 e. The lowest BCUT2D eigenvalue weighted by atomic mass is 10.1. The number of unbranched alkanes of at least 4 members (excludes halogenated alkanes) is 10. The quantitative estimate of drug-likeness (QED) is 0.232. The van der Waals surface area contributed by atoms with Crippen molar-refractivity contribution in [2.24, 2.45) is 0 Å². The Hall–Kier alpha value is 0.150. The maximum absolute atomic E-state index is 11.5. The number of hydrogen-bond donors (Lipinski definition) is 0. The van der Waals surface area contributed by atoms with Gasteiger partial charge in [0.05, 0.1) is 13.2 Å². The Kier molecular flexibility index (Phi) is 22.5. The van der Waals surface area contributed by atoms with Crippen LogP contribution in [0.2, 0.25) is 0 Å². The van der Waals surface area contributed by atoms with Gasteiger partial charge in [0.25, 0.3) is 0 Å². The first kappa shape index (κ1) is 23.4. The van der Waals surface area contributed by atoms with Crippen LogP contribution in [0.5, 0.6) is 0 Å². The second-order valence-electron chi connectivity index (χ2n) is 5.48. The molecular formula is C17H39O3P. The van der Waals surface area contributed by atoms with Crippen molar-refractivity contribution in [2.75, 3.05) is 13.2 Å². The van der Waals surface area contributed by atoms with Crippen molar-refractivity contribution < 1.29 is 13.6 Å². The van der Waals surface area contributed by atoms with Gasteiger partial charge in [-0.25, -0.2) is 0 Å². The molecule has 0 saturated heterocycles. The molecule has 0 aromatic carbocycles. The predicted molar refractivity (Wildman–Crippen MR) is 94.4 cm³/mol. The van der Waals surface area contributed by atoms with E-state index in [2.05, 4.69) is 13.8 Å². The van der Waals surface area contributed by atoms with Gasteiger partial charge in [-0.3, -0.25) is 4.57 Å². The van der Waals surface area contributed by atoms with E-state index in [1.807, 2.05) is 0 Å². The molecule has 0 rings (SSSR count). The standard InChI is InChI=1S/C16H35O3P.CH4/c1-3-5-7-9-11-13-15-18-20(17)19-16-14-12-10-8-6-4-2;/h20H,3-16H2,1-2H3;1H4. The molecule has 0 unspecified atom stereocenters. The summed E-state index contributed by atoms with van der Waals surface area (Å²) in [6.07, 6.45) is 14.7. The van der Waals surface area contributed by atoms with E-state index in [-0.39, 0.29) is 7.43 Å². The minimum absolute atomic E-state index is 0. The molecule has 0 aromatic rings. The van der Waals surface area contributed by atoms with Crippen LogP contribution >= 0.6 is 8.25 Å². The minimum Gasteiger partial charge on any atom is -0.311 e. The van der Waals surface area contributed by atoms with Crippen LogP contribution in [0.3, 0.4) is 0 Å². The average Bonchev–Trinajstić information content (AvgIpc) is 2.45. The molecule has 3 nitrogen and oxygen atoms in total. The van der Waals surface area contributed by atoms with E-state index in [0.717, 1.165) is 12.8 Å². The molecule has 0 aliphatic carbocycles. The van der Waals surface area contributed by atoms with Gasteiger partial charge in [0.15, 0.2) is 0 Å². The minimum atomic E-state index is -2.23. The van der Waals surface area contributed by atoms with Gasteiger partial charge in [-0.1, -0.05) is 85.5 Å². The van der Waals surface area contributed by atoms with Crippen molar-refractivity contribution in [3.63, 3.8) is 0 Å². The van der Waals surface area contributed by atoms with Crippen LogP contribution in [0.25, 0.3) is 0 Å². The lowest BCUT2D eigenvalue weighted by Gasteiger charge is -2.06. The summed E-state index contributed by atoms with van der Waals surface area (Å²) in [5.41, 5.74) is 0. The van der Waals surface area contributed by atoms with Crippen LogP contribution in [0.4, 0.5) is 0 Å². The van der Waals surface area contributed by atoms with Gasteiger partial charge in [-0.15, -0.1) is 0 Å². The highest BCUT2D eigenvalue weighted by atomic mass is 31.1. The normalized spacial score (nSPS) is 10.8. The highest BCUT2D eigenvalue weighted by Gasteiger charge is 1.99. The van der Waals surface area contributed by atoms with E-state index in [4.69, 9.17) is 9.05 Å². The van der Waals surface area contributed by atoms with Gasteiger partial charge in [0, 0.05) is 0 Å². The first-order valence-corrected chi connectivity index (χ1v) is 9.83. The zero-order valence-electron chi connectivity index (χ0n) is 13.6. The summed E-state index contributed by atoms with van der Waals surface area (Å²) in [6.45, 7) is 5.60. The molecule has 0 saturated carbocycles. The van der Waals surface area contributed by atoms with Crippen molar-refractivity contribution in [1.29, 1.82) is 0 Å². The Morgan fingerprint density at radius 1 is 0.619 bits per heavy atom.